The van der Waals surface area contributed by atoms with Crippen molar-refractivity contribution in [2.24, 2.45) is 0 Å². The van der Waals surface area contributed by atoms with Crippen LogP contribution in [0.5, 0.6) is 5.75 Å². The fourth-order valence-electron chi connectivity index (χ4n) is 2.48. The molecule has 26 heavy (non-hydrogen) atoms. The van der Waals surface area contributed by atoms with Gasteiger partial charge in [0.1, 0.15) is 5.75 Å². The van der Waals surface area contributed by atoms with Crippen molar-refractivity contribution in [3.8, 4) is 5.75 Å². The van der Waals surface area contributed by atoms with Crippen molar-refractivity contribution in [2.75, 3.05) is 11.9 Å². The zero-order chi connectivity index (χ0) is 18.4. The molecule has 0 fully saturated rings. The predicted molar refractivity (Wildman–Crippen MR) is 106 cm³/mol. The standard InChI is InChI=1S/C21H17Cl2NO2/c22-16-10-11-19(18(23)14-16)24-21(25)17-8-4-5-9-20(17)26-13-12-15-6-2-1-3-7-15/h1-11,14H,12-13H2,(H,24,25). The van der Waals surface area contributed by atoms with Gasteiger partial charge in [-0.25, -0.2) is 0 Å². The van der Waals surface area contributed by atoms with E-state index in [1.807, 2.05) is 36.4 Å². The van der Waals surface area contributed by atoms with E-state index in [4.69, 9.17) is 27.9 Å². The van der Waals surface area contributed by atoms with Crippen molar-refractivity contribution in [1.82, 2.24) is 0 Å². The summed E-state index contributed by atoms with van der Waals surface area (Å²) in [6, 6.07) is 22.1. The third-order valence-electron chi connectivity index (χ3n) is 3.80. The lowest BCUT2D eigenvalue weighted by molar-refractivity contribution is 0.102. The summed E-state index contributed by atoms with van der Waals surface area (Å²) >= 11 is 12.0. The van der Waals surface area contributed by atoms with E-state index < -0.39 is 0 Å². The monoisotopic (exact) mass is 385 g/mol. The molecule has 0 saturated heterocycles. The molecular weight excluding hydrogens is 369 g/mol. The highest BCUT2D eigenvalue weighted by molar-refractivity contribution is 6.36. The van der Waals surface area contributed by atoms with Gasteiger partial charge < -0.3 is 10.1 Å². The number of rotatable bonds is 6. The van der Waals surface area contributed by atoms with Crippen molar-refractivity contribution in [3.63, 3.8) is 0 Å². The molecule has 0 spiro atoms. The summed E-state index contributed by atoms with van der Waals surface area (Å²) in [4.78, 5) is 12.6. The van der Waals surface area contributed by atoms with Gasteiger partial charge in [-0.15, -0.1) is 0 Å². The number of halogens is 2. The molecule has 0 radical (unpaired) electrons. The molecule has 3 aromatic rings. The molecule has 0 saturated carbocycles. The summed E-state index contributed by atoms with van der Waals surface area (Å²) in [7, 11) is 0. The molecule has 0 aliphatic carbocycles. The van der Waals surface area contributed by atoms with Crippen LogP contribution < -0.4 is 10.1 Å². The van der Waals surface area contributed by atoms with Crippen LogP contribution in [-0.2, 0) is 6.42 Å². The number of ether oxygens (including phenoxy) is 1. The molecule has 0 aliphatic rings. The van der Waals surface area contributed by atoms with Gasteiger partial charge >= 0.3 is 0 Å². The average molecular weight is 386 g/mol. The van der Waals surface area contributed by atoms with Gasteiger partial charge in [0.25, 0.3) is 5.91 Å². The fraction of sp³-hybridized carbons (Fsp3) is 0.0952. The Morgan fingerprint density at radius 1 is 0.923 bits per heavy atom. The molecule has 3 nitrogen and oxygen atoms in total. The zero-order valence-electron chi connectivity index (χ0n) is 13.9. The first kappa shape index (κ1) is 18.3. The average Bonchev–Trinajstić information content (AvgIpc) is 2.65. The van der Waals surface area contributed by atoms with Gasteiger partial charge in [-0.2, -0.15) is 0 Å². The first-order valence-electron chi connectivity index (χ1n) is 8.15. The maximum absolute atomic E-state index is 12.6. The van der Waals surface area contributed by atoms with Crippen LogP contribution in [0.25, 0.3) is 0 Å². The van der Waals surface area contributed by atoms with E-state index in [1.165, 1.54) is 5.56 Å². The third kappa shape index (κ3) is 4.78. The zero-order valence-corrected chi connectivity index (χ0v) is 15.4. The lowest BCUT2D eigenvalue weighted by Gasteiger charge is -2.12. The van der Waals surface area contributed by atoms with Crippen LogP contribution in [0.2, 0.25) is 10.0 Å². The maximum atomic E-state index is 12.6. The van der Waals surface area contributed by atoms with Gasteiger partial charge in [0.15, 0.2) is 0 Å². The molecule has 0 heterocycles. The minimum absolute atomic E-state index is 0.287. The molecular formula is C21H17Cl2NO2. The summed E-state index contributed by atoms with van der Waals surface area (Å²) in [6.07, 6.45) is 0.764. The third-order valence-corrected chi connectivity index (χ3v) is 4.35. The molecule has 3 aromatic carbocycles. The molecule has 132 valence electrons. The molecule has 0 bridgehead atoms. The van der Waals surface area contributed by atoms with Gasteiger partial charge in [0.2, 0.25) is 0 Å². The Kier molecular flexibility index (Phi) is 6.16. The normalized spacial score (nSPS) is 10.4. The largest absolute Gasteiger partial charge is 0.492 e. The van der Waals surface area contributed by atoms with E-state index in [0.29, 0.717) is 33.7 Å². The van der Waals surface area contributed by atoms with Crippen LogP contribution in [0, 0.1) is 0 Å². The highest BCUT2D eigenvalue weighted by Crippen LogP contribution is 2.27. The van der Waals surface area contributed by atoms with E-state index in [1.54, 1.807) is 36.4 Å². The second-order valence-corrected chi connectivity index (χ2v) is 6.50. The summed E-state index contributed by atoms with van der Waals surface area (Å²) in [6.45, 7) is 0.482. The second-order valence-electron chi connectivity index (χ2n) is 5.66. The fourth-order valence-corrected chi connectivity index (χ4v) is 2.94. The lowest BCUT2D eigenvalue weighted by atomic mass is 10.1. The highest BCUT2D eigenvalue weighted by atomic mass is 35.5. The molecule has 0 atom stereocenters. The first-order valence-corrected chi connectivity index (χ1v) is 8.91. The molecule has 1 amide bonds. The maximum Gasteiger partial charge on any atom is 0.259 e. The minimum atomic E-state index is -0.287. The van der Waals surface area contributed by atoms with Crippen molar-refractivity contribution >= 4 is 34.8 Å². The Balaban J connectivity index is 1.68. The Hall–Kier alpha value is -2.49. The molecule has 5 heteroatoms. The number of hydrogen-bond donors (Lipinski definition) is 1. The Morgan fingerprint density at radius 3 is 2.42 bits per heavy atom. The van der Waals surface area contributed by atoms with Crippen molar-refractivity contribution in [3.05, 3.63) is 94.0 Å². The summed E-state index contributed by atoms with van der Waals surface area (Å²) in [5.41, 5.74) is 2.13. The van der Waals surface area contributed by atoms with Gasteiger partial charge in [-0.05, 0) is 35.9 Å². The number of carbonyl (C=O) groups is 1. The van der Waals surface area contributed by atoms with E-state index >= 15 is 0 Å². The molecule has 0 unspecified atom stereocenters. The molecule has 0 aliphatic heterocycles. The number of benzene rings is 3. The van der Waals surface area contributed by atoms with Crippen molar-refractivity contribution in [2.45, 2.75) is 6.42 Å². The van der Waals surface area contributed by atoms with Crippen molar-refractivity contribution in [1.29, 1.82) is 0 Å². The Labute approximate surface area is 162 Å². The van der Waals surface area contributed by atoms with Crippen LogP contribution in [0.3, 0.4) is 0 Å². The predicted octanol–water partition coefficient (Wildman–Crippen LogP) is 5.87. The SMILES string of the molecule is O=C(Nc1ccc(Cl)cc1Cl)c1ccccc1OCCc1ccccc1. The van der Waals surface area contributed by atoms with Crippen molar-refractivity contribution < 1.29 is 9.53 Å². The summed E-state index contributed by atoms with van der Waals surface area (Å²) in [5, 5.41) is 3.69. The first-order chi connectivity index (χ1) is 12.6. The van der Waals surface area contributed by atoms with E-state index in [0.717, 1.165) is 6.42 Å². The summed E-state index contributed by atoms with van der Waals surface area (Å²) < 4.78 is 5.83. The minimum Gasteiger partial charge on any atom is -0.492 e. The molecule has 0 aromatic heterocycles. The number of anilines is 1. The summed E-state index contributed by atoms with van der Waals surface area (Å²) in [5.74, 6) is 0.246. The van der Waals surface area contributed by atoms with Crippen LogP contribution >= 0.6 is 23.2 Å². The topological polar surface area (TPSA) is 38.3 Å². The number of carbonyl (C=O) groups excluding carboxylic acids is 1. The Morgan fingerprint density at radius 2 is 1.65 bits per heavy atom. The number of hydrogen-bond acceptors (Lipinski definition) is 2. The van der Waals surface area contributed by atoms with Crippen LogP contribution in [0.1, 0.15) is 15.9 Å². The number of nitrogens with one attached hydrogen (secondary N) is 1. The van der Waals surface area contributed by atoms with Crippen LogP contribution in [0.15, 0.2) is 72.8 Å². The smallest absolute Gasteiger partial charge is 0.259 e. The number of para-hydroxylation sites is 1. The van der Waals surface area contributed by atoms with Crippen LogP contribution in [0.4, 0.5) is 5.69 Å². The second kappa shape index (κ2) is 8.75. The van der Waals surface area contributed by atoms with E-state index in [-0.39, 0.29) is 5.91 Å². The van der Waals surface area contributed by atoms with Gasteiger partial charge in [0, 0.05) is 11.4 Å². The van der Waals surface area contributed by atoms with E-state index in [9.17, 15) is 4.79 Å². The van der Waals surface area contributed by atoms with Gasteiger partial charge in [-0.3, -0.25) is 4.79 Å². The highest BCUT2D eigenvalue weighted by Gasteiger charge is 2.14. The van der Waals surface area contributed by atoms with Gasteiger partial charge in [-0.1, -0.05) is 65.7 Å². The molecule has 3 rings (SSSR count). The number of amides is 1. The lowest BCUT2D eigenvalue weighted by Crippen LogP contribution is -2.14. The van der Waals surface area contributed by atoms with Crippen LogP contribution in [-0.4, -0.2) is 12.5 Å². The van der Waals surface area contributed by atoms with E-state index in [2.05, 4.69) is 5.32 Å². The molecule has 1 N–H and O–H groups in total. The quantitative estimate of drug-likeness (QED) is 0.576. The van der Waals surface area contributed by atoms with Gasteiger partial charge in [0.05, 0.1) is 22.9 Å². The Bertz CT molecular complexity index is 898.